The standard InChI is InChI=1S/C32H50O3/c1-3-5-7-9-11-13-15-17-19-27-25-29(21-23-31(27)33)35-30-22-24-32(34)28(26-30)20-18-16-14-12-10-8-6-4-2/h21-26,33-34H,3-20H2,1-2H3. The number of benzene rings is 2. The molecule has 3 heteroatoms. The molecule has 196 valence electrons. The molecular formula is C32H50O3. The molecule has 0 amide bonds. The first kappa shape index (κ1) is 29.1. The van der Waals surface area contributed by atoms with Crippen LogP contribution in [0.1, 0.15) is 128 Å². The summed E-state index contributed by atoms with van der Waals surface area (Å²) in [6, 6.07) is 11.0. The molecule has 3 nitrogen and oxygen atoms in total. The van der Waals surface area contributed by atoms with E-state index in [-0.39, 0.29) is 0 Å². The highest BCUT2D eigenvalue weighted by molar-refractivity contribution is 5.44. The van der Waals surface area contributed by atoms with Gasteiger partial charge in [-0.1, -0.05) is 104 Å². The van der Waals surface area contributed by atoms with E-state index in [1.54, 1.807) is 12.1 Å². The van der Waals surface area contributed by atoms with Gasteiger partial charge in [0, 0.05) is 0 Å². The van der Waals surface area contributed by atoms with Crippen molar-refractivity contribution in [2.75, 3.05) is 0 Å². The van der Waals surface area contributed by atoms with Crippen LogP contribution in [0.15, 0.2) is 36.4 Å². The molecule has 2 aromatic carbocycles. The van der Waals surface area contributed by atoms with E-state index in [4.69, 9.17) is 4.74 Å². The molecule has 0 aliphatic rings. The van der Waals surface area contributed by atoms with Gasteiger partial charge in [0.25, 0.3) is 0 Å². The van der Waals surface area contributed by atoms with Gasteiger partial charge in [0.05, 0.1) is 0 Å². The predicted octanol–water partition coefficient (Wildman–Crippen LogP) is 10.3. The quantitative estimate of drug-likeness (QED) is 0.185. The Morgan fingerprint density at radius 1 is 0.486 bits per heavy atom. The average molecular weight is 483 g/mol. The first-order valence-corrected chi connectivity index (χ1v) is 14.5. The van der Waals surface area contributed by atoms with Crippen molar-refractivity contribution in [3.8, 4) is 23.0 Å². The van der Waals surface area contributed by atoms with E-state index in [9.17, 15) is 10.2 Å². The first-order chi connectivity index (χ1) is 17.1. The number of aromatic hydroxyl groups is 2. The summed E-state index contributed by atoms with van der Waals surface area (Å²) < 4.78 is 6.11. The number of phenols is 2. The second-order valence-corrected chi connectivity index (χ2v) is 10.1. The van der Waals surface area contributed by atoms with Crippen molar-refractivity contribution in [3.05, 3.63) is 47.5 Å². The molecule has 0 saturated heterocycles. The fraction of sp³-hybridized carbons (Fsp3) is 0.625. The van der Waals surface area contributed by atoms with Crippen LogP contribution in [0.4, 0.5) is 0 Å². The van der Waals surface area contributed by atoms with Gasteiger partial charge < -0.3 is 14.9 Å². The zero-order chi connectivity index (χ0) is 25.1. The maximum Gasteiger partial charge on any atom is 0.127 e. The maximum atomic E-state index is 10.3. The van der Waals surface area contributed by atoms with Crippen molar-refractivity contribution in [2.45, 2.75) is 129 Å². The Hall–Kier alpha value is -2.16. The van der Waals surface area contributed by atoms with E-state index < -0.39 is 0 Å². The van der Waals surface area contributed by atoms with Crippen molar-refractivity contribution in [1.82, 2.24) is 0 Å². The lowest BCUT2D eigenvalue weighted by atomic mass is 10.0. The van der Waals surface area contributed by atoms with Gasteiger partial charge in [0.1, 0.15) is 23.0 Å². The Morgan fingerprint density at radius 3 is 1.20 bits per heavy atom. The van der Waals surface area contributed by atoms with Gasteiger partial charge in [0.2, 0.25) is 0 Å². The van der Waals surface area contributed by atoms with Crippen molar-refractivity contribution in [2.24, 2.45) is 0 Å². The van der Waals surface area contributed by atoms with Gasteiger partial charge in [0.15, 0.2) is 0 Å². The number of unbranched alkanes of at least 4 members (excludes halogenated alkanes) is 14. The fourth-order valence-corrected chi connectivity index (χ4v) is 4.69. The summed E-state index contributed by atoms with van der Waals surface area (Å²) in [7, 11) is 0. The lowest BCUT2D eigenvalue weighted by Gasteiger charge is -2.12. The number of phenolic OH excluding ortho intramolecular Hbond substituents is 2. The van der Waals surface area contributed by atoms with Gasteiger partial charge >= 0.3 is 0 Å². The molecule has 0 bridgehead atoms. The summed E-state index contributed by atoms with van der Waals surface area (Å²) in [6.07, 6.45) is 22.2. The Bertz CT molecular complexity index is 747. The van der Waals surface area contributed by atoms with Crippen LogP contribution in [0.2, 0.25) is 0 Å². The Morgan fingerprint density at radius 2 is 0.829 bits per heavy atom. The molecule has 0 fully saturated rings. The molecule has 0 spiro atoms. The molecule has 2 aromatic rings. The zero-order valence-electron chi connectivity index (χ0n) is 22.5. The van der Waals surface area contributed by atoms with Crippen LogP contribution in [0.3, 0.4) is 0 Å². The molecule has 0 aliphatic heterocycles. The molecule has 0 saturated carbocycles. The number of rotatable bonds is 20. The molecule has 0 aliphatic carbocycles. The van der Waals surface area contributed by atoms with Crippen LogP contribution in [0.5, 0.6) is 23.0 Å². The fourth-order valence-electron chi connectivity index (χ4n) is 4.69. The van der Waals surface area contributed by atoms with E-state index >= 15 is 0 Å². The van der Waals surface area contributed by atoms with E-state index in [2.05, 4.69) is 13.8 Å². The largest absolute Gasteiger partial charge is 0.508 e. The number of hydrogen-bond acceptors (Lipinski definition) is 3. The van der Waals surface area contributed by atoms with Gasteiger partial charge in [-0.3, -0.25) is 0 Å². The molecular weight excluding hydrogens is 432 g/mol. The molecule has 0 atom stereocenters. The molecule has 0 aromatic heterocycles. The third kappa shape index (κ3) is 12.4. The maximum absolute atomic E-state index is 10.3. The van der Waals surface area contributed by atoms with E-state index in [1.807, 2.05) is 24.3 Å². The van der Waals surface area contributed by atoms with E-state index in [0.29, 0.717) is 11.5 Å². The van der Waals surface area contributed by atoms with Crippen molar-refractivity contribution in [1.29, 1.82) is 0 Å². The molecule has 2 N–H and O–H groups in total. The molecule has 0 unspecified atom stereocenters. The lowest BCUT2D eigenvalue weighted by Crippen LogP contribution is -1.92. The van der Waals surface area contributed by atoms with Crippen LogP contribution in [0, 0.1) is 0 Å². The van der Waals surface area contributed by atoms with Crippen molar-refractivity contribution in [3.63, 3.8) is 0 Å². The predicted molar refractivity (Wildman–Crippen MR) is 149 cm³/mol. The van der Waals surface area contributed by atoms with Gasteiger partial charge in [-0.15, -0.1) is 0 Å². The minimum absolute atomic E-state index is 0.349. The van der Waals surface area contributed by atoms with Crippen LogP contribution in [-0.4, -0.2) is 10.2 Å². The monoisotopic (exact) mass is 482 g/mol. The number of ether oxygens (including phenoxy) is 1. The highest BCUT2D eigenvalue weighted by atomic mass is 16.5. The van der Waals surface area contributed by atoms with Crippen LogP contribution in [-0.2, 0) is 12.8 Å². The third-order valence-electron chi connectivity index (χ3n) is 6.94. The Kier molecular flexibility index (Phi) is 15.1. The second-order valence-electron chi connectivity index (χ2n) is 10.1. The normalized spacial score (nSPS) is 11.1. The first-order valence-electron chi connectivity index (χ1n) is 14.5. The van der Waals surface area contributed by atoms with Gasteiger partial charge in [-0.25, -0.2) is 0 Å². The van der Waals surface area contributed by atoms with Crippen molar-refractivity contribution >= 4 is 0 Å². The molecule has 0 heterocycles. The lowest BCUT2D eigenvalue weighted by molar-refractivity contribution is 0.450. The van der Waals surface area contributed by atoms with Crippen LogP contribution in [0.25, 0.3) is 0 Å². The minimum atomic E-state index is 0.349. The highest BCUT2D eigenvalue weighted by Gasteiger charge is 2.08. The van der Waals surface area contributed by atoms with Gasteiger partial charge in [-0.05, 0) is 73.2 Å². The SMILES string of the molecule is CCCCCCCCCCc1cc(Oc2ccc(O)c(CCCCCCCCCC)c2)ccc1O. The van der Waals surface area contributed by atoms with Crippen LogP contribution >= 0.6 is 0 Å². The second kappa shape index (κ2) is 18.2. The number of aryl methyl sites for hydroxylation is 2. The summed E-state index contributed by atoms with van der Waals surface area (Å²) in [4.78, 5) is 0. The molecule has 35 heavy (non-hydrogen) atoms. The smallest absolute Gasteiger partial charge is 0.127 e. The van der Waals surface area contributed by atoms with Crippen molar-refractivity contribution < 1.29 is 14.9 Å². The Labute approximate surface area is 214 Å². The Balaban J connectivity index is 1.78. The summed E-state index contributed by atoms with van der Waals surface area (Å²) in [5, 5.41) is 20.6. The summed E-state index contributed by atoms with van der Waals surface area (Å²) >= 11 is 0. The summed E-state index contributed by atoms with van der Waals surface area (Å²) in [5.74, 6) is 2.17. The third-order valence-corrected chi connectivity index (χ3v) is 6.94. The van der Waals surface area contributed by atoms with E-state index in [0.717, 1.165) is 48.3 Å². The average Bonchev–Trinajstić information content (AvgIpc) is 2.86. The number of hydrogen-bond donors (Lipinski definition) is 2. The van der Waals surface area contributed by atoms with Crippen LogP contribution < -0.4 is 4.74 Å². The molecule has 0 radical (unpaired) electrons. The topological polar surface area (TPSA) is 49.7 Å². The minimum Gasteiger partial charge on any atom is -0.508 e. The molecule has 2 rings (SSSR count). The summed E-state index contributed by atoms with van der Waals surface area (Å²) in [6.45, 7) is 4.51. The van der Waals surface area contributed by atoms with E-state index in [1.165, 1.54) is 89.9 Å². The highest BCUT2D eigenvalue weighted by Crippen LogP contribution is 2.31. The summed E-state index contributed by atoms with van der Waals surface area (Å²) in [5.41, 5.74) is 1.90. The van der Waals surface area contributed by atoms with Gasteiger partial charge in [-0.2, -0.15) is 0 Å². The zero-order valence-corrected chi connectivity index (χ0v) is 22.5.